The highest BCUT2D eigenvalue weighted by Gasteiger charge is 2.25. The van der Waals surface area contributed by atoms with Crippen LogP contribution < -0.4 is 4.31 Å². The van der Waals surface area contributed by atoms with E-state index in [1.807, 2.05) is 61.7 Å². The van der Waals surface area contributed by atoms with E-state index in [2.05, 4.69) is 5.16 Å². The summed E-state index contributed by atoms with van der Waals surface area (Å²) >= 11 is 0. The fourth-order valence-corrected chi connectivity index (χ4v) is 5.09. The molecule has 7 nitrogen and oxygen atoms in total. The third-order valence-electron chi connectivity index (χ3n) is 5.09. The van der Waals surface area contributed by atoms with Gasteiger partial charge in [0.1, 0.15) is 0 Å². The predicted octanol–water partition coefficient (Wildman–Crippen LogP) is 3.20. The van der Waals surface area contributed by atoms with Crippen molar-refractivity contribution in [3.8, 4) is 0 Å². The normalized spacial score (nSPS) is 13.2. The van der Waals surface area contributed by atoms with Gasteiger partial charge in [-0.2, -0.15) is 0 Å². The number of para-hydroxylation sites is 1. The molecule has 0 aliphatic rings. The Bertz CT molecular complexity index is 1180. The molecule has 0 saturated carbocycles. The van der Waals surface area contributed by atoms with Crippen LogP contribution in [0.3, 0.4) is 0 Å². The summed E-state index contributed by atoms with van der Waals surface area (Å²) < 4.78 is 28.3. The topological polar surface area (TPSA) is 95.1 Å². The zero-order valence-electron chi connectivity index (χ0n) is 17.6. The van der Waals surface area contributed by atoms with Crippen molar-refractivity contribution in [1.29, 1.82) is 0 Å². The van der Waals surface area contributed by atoms with Crippen LogP contribution in [0.15, 0.2) is 47.8 Å². The lowest BCUT2D eigenvalue weighted by Crippen LogP contribution is -2.39. The van der Waals surface area contributed by atoms with Gasteiger partial charge in [-0.1, -0.05) is 41.1 Å². The number of sulfonamides is 1. The first kappa shape index (κ1) is 21.9. The maximum absolute atomic E-state index is 12.6. The molecule has 0 bridgehead atoms. The predicted molar refractivity (Wildman–Crippen MR) is 120 cm³/mol. The SMILES string of the molecule is Cc1cc(C)c(N(C[C@H](O)Cn2cc(/C=N\O)c3ccccc32)S(C)(=O)=O)c(C)c1. The summed E-state index contributed by atoms with van der Waals surface area (Å²) in [7, 11) is -3.60. The van der Waals surface area contributed by atoms with Gasteiger partial charge in [-0.3, -0.25) is 4.31 Å². The average Bonchev–Trinajstić information content (AvgIpc) is 2.97. The van der Waals surface area contributed by atoms with Crippen molar-refractivity contribution in [2.24, 2.45) is 5.16 Å². The molecule has 3 aromatic rings. The van der Waals surface area contributed by atoms with Gasteiger partial charge in [-0.15, -0.1) is 0 Å². The van der Waals surface area contributed by atoms with Crippen molar-refractivity contribution < 1.29 is 18.7 Å². The molecule has 2 aromatic carbocycles. The zero-order chi connectivity index (χ0) is 22.1. The Morgan fingerprint density at radius 2 is 1.80 bits per heavy atom. The van der Waals surface area contributed by atoms with E-state index in [0.29, 0.717) is 11.3 Å². The van der Waals surface area contributed by atoms with Gasteiger partial charge >= 0.3 is 0 Å². The highest BCUT2D eigenvalue weighted by molar-refractivity contribution is 7.92. The van der Waals surface area contributed by atoms with E-state index >= 15 is 0 Å². The van der Waals surface area contributed by atoms with E-state index in [1.165, 1.54) is 10.5 Å². The molecule has 160 valence electrons. The maximum Gasteiger partial charge on any atom is 0.232 e. The first-order valence-corrected chi connectivity index (χ1v) is 11.5. The summed E-state index contributed by atoms with van der Waals surface area (Å²) in [6, 6.07) is 11.4. The Balaban J connectivity index is 1.94. The van der Waals surface area contributed by atoms with Gasteiger partial charge in [0.05, 0.1) is 37.4 Å². The zero-order valence-corrected chi connectivity index (χ0v) is 18.4. The number of anilines is 1. The first-order chi connectivity index (χ1) is 14.1. The summed E-state index contributed by atoms with van der Waals surface area (Å²) in [6.07, 6.45) is 3.32. The van der Waals surface area contributed by atoms with Gasteiger partial charge in [0.25, 0.3) is 0 Å². The van der Waals surface area contributed by atoms with Crippen LogP contribution in [-0.2, 0) is 16.6 Å². The summed E-state index contributed by atoms with van der Waals surface area (Å²) in [5, 5.41) is 23.7. The summed E-state index contributed by atoms with van der Waals surface area (Å²) in [5.41, 5.74) is 4.92. The van der Waals surface area contributed by atoms with Crippen molar-refractivity contribution in [1.82, 2.24) is 4.57 Å². The third-order valence-corrected chi connectivity index (χ3v) is 6.22. The summed E-state index contributed by atoms with van der Waals surface area (Å²) in [4.78, 5) is 0. The highest BCUT2D eigenvalue weighted by Crippen LogP contribution is 2.29. The number of fused-ring (bicyclic) bond motifs is 1. The number of oxime groups is 1. The average molecular weight is 430 g/mol. The van der Waals surface area contributed by atoms with Crippen LogP contribution in [0.5, 0.6) is 0 Å². The van der Waals surface area contributed by atoms with Gasteiger partial charge in [-0.25, -0.2) is 8.42 Å². The number of aromatic nitrogens is 1. The minimum absolute atomic E-state index is 0.0699. The van der Waals surface area contributed by atoms with Crippen molar-refractivity contribution in [3.63, 3.8) is 0 Å². The number of hydrogen-bond acceptors (Lipinski definition) is 5. The lowest BCUT2D eigenvalue weighted by atomic mass is 10.0. The highest BCUT2D eigenvalue weighted by atomic mass is 32.2. The Kier molecular flexibility index (Phi) is 6.19. The second kappa shape index (κ2) is 8.49. The molecule has 0 unspecified atom stereocenters. The van der Waals surface area contributed by atoms with E-state index in [9.17, 15) is 13.5 Å². The van der Waals surface area contributed by atoms with Gasteiger partial charge in [-0.05, 0) is 38.0 Å². The van der Waals surface area contributed by atoms with Gasteiger partial charge in [0, 0.05) is 22.7 Å². The van der Waals surface area contributed by atoms with Gasteiger partial charge in [0.15, 0.2) is 0 Å². The molecular weight excluding hydrogens is 402 g/mol. The van der Waals surface area contributed by atoms with Crippen LogP contribution >= 0.6 is 0 Å². The smallest absolute Gasteiger partial charge is 0.232 e. The van der Waals surface area contributed by atoms with Gasteiger partial charge in [0.2, 0.25) is 10.0 Å². The Morgan fingerprint density at radius 3 is 2.40 bits per heavy atom. The molecule has 0 amide bonds. The maximum atomic E-state index is 12.6. The van der Waals surface area contributed by atoms with E-state index in [0.717, 1.165) is 33.8 Å². The number of aliphatic hydroxyl groups is 1. The van der Waals surface area contributed by atoms with Crippen LogP contribution in [0.25, 0.3) is 10.9 Å². The molecular formula is C22H27N3O4S. The van der Waals surface area contributed by atoms with Crippen LogP contribution in [0.2, 0.25) is 0 Å². The molecule has 30 heavy (non-hydrogen) atoms. The number of nitrogens with zero attached hydrogens (tertiary/aromatic N) is 3. The lowest BCUT2D eigenvalue weighted by molar-refractivity contribution is 0.164. The fraction of sp³-hybridized carbons (Fsp3) is 0.318. The van der Waals surface area contributed by atoms with Crippen LogP contribution in [-0.4, -0.2) is 48.4 Å². The van der Waals surface area contributed by atoms with Crippen molar-refractivity contribution in [2.45, 2.75) is 33.4 Å². The largest absolute Gasteiger partial charge is 0.411 e. The molecule has 0 radical (unpaired) electrons. The van der Waals surface area contributed by atoms with E-state index in [1.54, 1.807) is 6.20 Å². The first-order valence-electron chi connectivity index (χ1n) is 9.60. The Labute approximate surface area is 176 Å². The monoisotopic (exact) mass is 429 g/mol. The van der Waals surface area contributed by atoms with Crippen molar-refractivity contribution in [2.75, 3.05) is 17.1 Å². The minimum atomic E-state index is -3.60. The molecule has 1 aromatic heterocycles. The third kappa shape index (κ3) is 4.49. The van der Waals surface area contributed by atoms with Gasteiger partial charge < -0.3 is 14.9 Å². The summed E-state index contributed by atoms with van der Waals surface area (Å²) in [5.74, 6) is 0. The molecule has 8 heteroatoms. The second-order valence-electron chi connectivity index (χ2n) is 7.69. The van der Waals surface area contributed by atoms with Crippen molar-refractivity contribution >= 4 is 32.8 Å². The van der Waals surface area contributed by atoms with E-state index in [4.69, 9.17) is 5.21 Å². The Morgan fingerprint density at radius 1 is 1.17 bits per heavy atom. The molecule has 0 aliphatic carbocycles. The van der Waals surface area contributed by atoms with Crippen molar-refractivity contribution in [3.05, 3.63) is 64.8 Å². The van der Waals surface area contributed by atoms with Crippen LogP contribution in [0.1, 0.15) is 22.3 Å². The molecule has 1 heterocycles. The quantitative estimate of drug-likeness (QED) is 0.343. The molecule has 0 fully saturated rings. The summed E-state index contributed by atoms with van der Waals surface area (Å²) in [6.45, 7) is 5.84. The van der Waals surface area contributed by atoms with E-state index < -0.39 is 16.1 Å². The number of aryl methyl sites for hydroxylation is 3. The number of hydrogen-bond donors (Lipinski definition) is 2. The molecule has 2 N–H and O–H groups in total. The second-order valence-corrected chi connectivity index (χ2v) is 9.60. The standard InChI is InChI=1S/C22H27N3O4S/c1-15-9-16(2)22(17(3)10-15)25(30(4,28)29)14-19(26)13-24-12-18(11-23-27)20-7-5-6-8-21(20)24/h5-12,19,26-27H,13-14H2,1-4H3/b23-11-/t19-/m1/s1. The van der Waals surface area contributed by atoms with Crippen LogP contribution in [0.4, 0.5) is 5.69 Å². The molecule has 0 aliphatic heterocycles. The minimum Gasteiger partial charge on any atom is -0.411 e. The van der Waals surface area contributed by atoms with E-state index in [-0.39, 0.29) is 13.1 Å². The lowest BCUT2D eigenvalue weighted by Gasteiger charge is -2.28. The number of benzene rings is 2. The molecule has 0 spiro atoms. The molecule has 3 rings (SSSR count). The number of rotatable bonds is 7. The molecule has 1 atom stereocenters. The van der Waals surface area contributed by atoms with Crippen LogP contribution in [0, 0.1) is 20.8 Å². The number of aliphatic hydroxyl groups excluding tert-OH is 1. The fourth-order valence-electron chi connectivity index (χ4n) is 4.03. The Hall–Kier alpha value is -2.84. The molecule has 0 saturated heterocycles.